The number of nitrogens with one attached hydrogen (secondary N) is 1. The summed E-state index contributed by atoms with van der Waals surface area (Å²) in [6, 6.07) is 24.5. The Morgan fingerprint density at radius 1 is 0.955 bits per heavy atom. The van der Waals surface area contributed by atoms with Crippen LogP contribution in [0, 0.1) is 11.8 Å². The Hall–Kier alpha value is -4.71. The number of aliphatic carboxylic acids is 1. The number of hydrogen-bond donors (Lipinski definition) is 2. The molecule has 0 spiro atoms. The van der Waals surface area contributed by atoms with Crippen molar-refractivity contribution in [3.63, 3.8) is 0 Å². The van der Waals surface area contributed by atoms with Crippen molar-refractivity contribution in [1.29, 1.82) is 0 Å². The Bertz CT molecular complexity index is 1530. The second-order valence-electron chi connectivity index (χ2n) is 10.3. The average molecular weight is 613 g/mol. The maximum atomic E-state index is 13.6. The number of amides is 2. The van der Waals surface area contributed by atoms with Gasteiger partial charge >= 0.3 is 18.1 Å². The molecule has 2 N–H and O–H groups in total. The largest absolute Gasteiger partial charge is 0.496 e. The van der Waals surface area contributed by atoms with E-state index in [0.29, 0.717) is 5.75 Å². The van der Waals surface area contributed by atoms with E-state index in [2.05, 4.69) is 5.32 Å². The van der Waals surface area contributed by atoms with Gasteiger partial charge in [0.15, 0.2) is 0 Å². The third kappa shape index (κ3) is 6.02. The number of carbonyl (C=O) groups is 4. The number of imide groups is 1. The minimum absolute atomic E-state index is 0.216. The third-order valence-corrected chi connectivity index (χ3v) is 7.85. The topological polar surface area (TPSA) is 122 Å². The quantitative estimate of drug-likeness (QED) is 0.297. The number of carboxylic acids is 1. The molecule has 0 saturated carbocycles. The number of methoxy groups -OCH3 is 2. The van der Waals surface area contributed by atoms with Crippen LogP contribution in [0.3, 0.4) is 0 Å². The van der Waals surface area contributed by atoms with Crippen molar-refractivity contribution < 1.29 is 46.9 Å². The summed E-state index contributed by atoms with van der Waals surface area (Å²) < 4.78 is 42.7. The van der Waals surface area contributed by atoms with Crippen LogP contribution in [0.2, 0.25) is 0 Å². The standard InChI is InChI=1S/C30H30N2O5.C2HF3O2/c1-4-32-27(33)24-25(28(32)34)30(29(35)37-3,18-19-11-7-5-8-12-19)31-26(24)21-15-16-22(23(17-21)36-2)20-13-9-6-10-14-20;3-2(4,5)1(6)7/h5-17,24-26,31H,4,18H2,1-3H3;(H,6,7)/t24?,25?,26?,30-;/m1./s1. The van der Waals surface area contributed by atoms with Gasteiger partial charge in [0.1, 0.15) is 11.3 Å². The first kappa shape index (κ1) is 32.2. The SMILES string of the molecule is CCN1C(=O)C2C(c3ccc(-c4ccccc4)c(OC)c3)N[C@@](Cc3ccccc3)(C(=O)OC)C2C1=O.O=C(O)C(F)(F)F. The highest BCUT2D eigenvalue weighted by Gasteiger charge is 2.68. The molecular formula is C32H31F3N2O7. The number of fused-ring (bicyclic) bond motifs is 1. The highest BCUT2D eigenvalue weighted by atomic mass is 19.4. The molecule has 0 aliphatic carbocycles. The first-order valence-electron chi connectivity index (χ1n) is 13.7. The summed E-state index contributed by atoms with van der Waals surface area (Å²) in [5.41, 5.74) is 2.15. The van der Waals surface area contributed by atoms with Crippen LogP contribution in [-0.4, -0.2) is 66.2 Å². The molecule has 9 nitrogen and oxygen atoms in total. The molecular weight excluding hydrogens is 581 g/mol. The summed E-state index contributed by atoms with van der Waals surface area (Å²) >= 11 is 0. The summed E-state index contributed by atoms with van der Waals surface area (Å²) in [7, 11) is 2.92. The minimum Gasteiger partial charge on any atom is -0.496 e. The first-order chi connectivity index (χ1) is 20.9. The molecule has 0 radical (unpaired) electrons. The van der Waals surface area contributed by atoms with Gasteiger partial charge in [-0.05, 0) is 29.7 Å². The highest BCUT2D eigenvalue weighted by molar-refractivity contribution is 6.09. The number of halogens is 3. The number of carboxylic acid groups (broad SMARTS) is 1. The van der Waals surface area contributed by atoms with Crippen LogP contribution in [-0.2, 0) is 30.3 Å². The molecule has 3 aromatic rings. The van der Waals surface area contributed by atoms with Crippen LogP contribution in [0.15, 0.2) is 78.9 Å². The van der Waals surface area contributed by atoms with Gasteiger partial charge in [0.25, 0.3) is 0 Å². The Labute approximate surface area is 251 Å². The lowest BCUT2D eigenvalue weighted by atomic mass is 9.76. The fourth-order valence-electron chi connectivity index (χ4n) is 5.94. The van der Waals surface area contributed by atoms with Crippen LogP contribution in [0.25, 0.3) is 11.1 Å². The normalized spacial score (nSPS) is 22.6. The smallest absolute Gasteiger partial charge is 0.490 e. The molecule has 2 amide bonds. The van der Waals surface area contributed by atoms with Gasteiger partial charge in [-0.1, -0.05) is 72.8 Å². The lowest BCUT2D eigenvalue weighted by Crippen LogP contribution is -2.57. The summed E-state index contributed by atoms with van der Waals surface area (Å²) in [4.78, 5) is 50.9. The molecule has 4 atom stereocenters. The number of benzene rings is 3. The Morgan fingerprint density at radius 2 is 1.55 bits per heavy atom. The second-order valence-corrected chi connectivity index (χ2v) is 10.3. The number of likely N-dealkylation sites (tertiary alicyclic amines) is 1. The van der Waals surface area contributed by atoms with E-state index in [-0.39, 0.29) is 24.8 Å². The summed E-state index contributed by atoms with van der Waals surface area (Å²) in [6.45, 7) is 2.02. The number of alkyl halides is 3. The van der Waals surface area contributed by atoms with E-state index in [0.717, 1.165) is 22.3 Å². The Balaban J connectivity index is 0.000000566. The van der Waals surface area contributed by atoms with Crippen LogP contribution in [0.4, 0.5) is 13.2 Å². The molecule has 2 aliphatic heterocycles. The van der Waals surface area contributed by atoms with Gasteiger partial charge in [-0.2, -0.15) is 13.2 Å². The number of esters is 1. The van der Waals surface area contributed by atoms with Crippen molar-refractivity contribution in [3.05, 3.63) is 90.0 Å². The van der Waals surface area contributed by atoms with Gasteiger partial charge in [-0.3, -0.25) is 24.6 Å². The van der Waals surface area contributed by atoms with E-state index in [1.807, 2.05) is 78.9 Å². The van der Waals surface area contributed by atoms with Gasteiger partial charge in [0.2, 0.25) is 11.8 Å². The van der Waals surface area contributed by atoms with Crippen LogP contribution >= 0.6 is 0 Å². The Kier molecular flexibility index (Phi) is 9.43. The fraction of sp³-hybridized carbons (Fsp3) is 0.312. The zero-order valence-electron chi connectivity index (χ0n) is 24.1. The van der Waals surface area contributed by atoms with E-state index in [9.17, 15) is 27.6 Å². The van der Waals surface area contributed by atoms with Crippen molar-refractivity contribution in [2.75, 3.05) is 20.8 Å². The van der Waals surface area contributed by atoms with Crippen molar-refractivity contribution >= 4 is 23.8 Å². The van der Waals surface area contributed by atoms with E-state index >= 15 is 0 Å². The number of ether oxygens (including phenoxy) is 2. The van der Waals surface area contributed by atoms with Crippen molar-refractivity contribution in [2.45, 2.75) is 31.1 Å². The third-order valence-electron chi connectivity index (χ3n) is 7.85. The molecule has 0 bridgehead atoms. The number of nitrogens with zero attached hydrogens (tertiary/aromatic N) is 1. The van der Waals surface area contributed by atoms with E-state index in [1.54, 1.807) is 14.0 Å². The predicted octanol–water partition coefficient (Wildman–Crippen LogP) is 4.42. The molecule has 5 rings (SSSR count). The fourth-order valence-corrected chi connectivity index (χ4v) is 5.94. The van der Waals surface area contributed by atoms with Crippen LogP contribution in [0.1, 0.15) is 24.1 Å². The van der Waals surface area contributed by atoms with E-state index in [1.165, 1.54) is 12.0 Å². The summed E-state index contributed by atoms with van der Waals surface area (Å²) in [5, 5.41) is 10.6. The van der Waals surface area contributed by atoms with Crippen molar-refractivity contribution in [3.8, 4) is 16.9 Å². The molecule has 2 saturated heterocycles. The van der Waals surface area contributed by atoms with E-state index in [4.69, 9.17) is 19.4 Å². The molecule has 2 fully saturated rings. The zero-order valence-corrected chi connectivity index (χ0v) is 24.1. The lowest BCUT2D eigenvalue weighted by molar-refractivity contribution is -0.192. The molecule has 232 valence electrons. The Morgan fingerprint density at radius 3 is 2.07 bits per heavy atom. The molecule has 2 aliphatic rings. The van der Waals surface area contributed by atoms with Gasteiger partial charge < -0.3 is 14.6 Å². The van der Waals surface area contributed by atoms with Gasteiger partial charge in [0.05, 0.1) is 26.1 Å². The molecule has 44 heavy (non-hydrogen) atoms. The number of carbonyl (C=O) groups excluding carboxylic acids is 3. The van der Waals surface area contributed by atoms with Crippen molar-refractivity contribution in [2.24, 2.45) is 11.8 Å². The number of rotatable bonds is 7. The van der Waals surface area contributed by atoms with Gasteiger partial charge in [-0.15, -0.1) is 0 Å². The molecule has 0 aromatic heterocycles. The van der Waals surface area contributed by atoms with Crippen molar-refractivity contribution in [1.82, 2.24) is 10.2 Å². The first-order valence-corrected chi connectivity index (χ1v) is 13.7. The molecule has 3 unspecified atom stereocenters. The van der Waals surface area contributed by atoms with E-state index < -0.39 is 41.5 Å². The van der Waals surface area contributed by atoms with Crippen LogP contribution < -0.4 is 10.1 Å². The maximum absolute atomic E-state index is 13.6. The minimum atomic E-state index is -5.08. The van der Waals surface area contributed by atoms with Crippen LogP contribution in [0.5, 0.6) is 5.75 Å². The maximum Gasteiger partial charge on any atom is 0.490 e. The summed E-state index contributed by atoms with van der Waals surface area (Å²) in [5.74, 6) is -4.93. The monoisotopic (exact) mass is 612 g/mol. The highest BCUT2D eigenvalue weighted by Crippen LogP contribution is 2.51. The average Bonchev–Trinajstić information content (AvgIpc) is 3.49. The van der Waals surface area contributed by atoms with Gasteiger partial charge in [-0.25, -0.2) is 4.79 Å². The molecule has 3 aromatic carbocycles. The second kappa shape index (κ2) is 12.9. The zero-order chi connectivity index (χ0) is 32.2. The molecule has 12 heteroatoms. The summed E-state index contributed by atoms with van der Waals surface area (Å²) in [6.07, 6.45) is -4.87. The van der Waals surface area contributed by atoms with Gasteiger partial charge in [0, 0.05) is 24.6 Å². The lowest BCUT2D eigenvalue weighted by Gasteiger charge is -2.32. The number of hydrogen-bond acceptors (Lipinski definition) is 7. The predicted molar refractivity (Wildman–Crippen MR) is 152 cm³/mol. The molecule has 2 heterocycles.